The Morgan fingerprint density at radius 3 is 2.65 bits per heavy atom. The number of carbonyl (C=O) groups excluding carboxylic acids is 2. The molecule has 0 spiro atoms. The molecule has 0 saturated heterocycles. The second-order valence-corrected chi connectivity index (χ2v) is 5.56. The van der Waals surface area contributed by atoms with Gasteiger partial charge in [0.05, 0.1) is 6.61 Å². The fourth-order valence-corrected chi connectivity index (χ4v) is 2.86. The van der Waals surface area contributed by atoms with E-state index in [0.29, 0.717) is 4.88 Å². The summed E-state index contributed by atoms with van der Waals surface area (Å²) in [4.78, 5) is 27.6. The molecule has 0 atom stereocenters. The first-order valence-corrected chi connectivity index (χ1v) is 7.32. The number of ketones is 1. The highest BCUT2D eigenvalue weighted by Crippen LogP contribution is 2.23. The van der Waals surface area contributed by atoms with E-state index in [4.69, 9.17) is 4.74 Å². The van der Waals surface area contributed by atoms with E-state index in [-0.39, 0.29) is 18.1 Å². The van der Waals surface area contributed by atoms with Crippen LogP contribution in [0.5, 0.6) is 0 Å². The Labute approximate surface area is 109 Å². The van der Waals surface area contributed by atoms with Gasteiger partial charge < -0.3 is 4.74 Å². The number of nitrogens with zero attached hydrogens (tertiary/aromatic N) is 1. The maximum absolute atomic E-state index is 11.6. The summed E-state index contributed by atoms with van der Waals surface area (Å²) in [6, 6.07) is 0. The van der Waals surface area contributed by atoms with E-state index < -0.39 is 5.97 Å². The van der Waals surface area contributed by atoms with Crippen molar-refractivity contribution in [2.75, 3.05) is 12.4 Å². The van der Waals surface area contributed by atoms with Crippen LogP contribution in [-0.4, -0.2) is 29.1 Å². The first-order chi connectivity index (χ1) is 8.10. The van der Waals surface area contributed by atoms with Crippen molar-refractivity contribution in [2.45, 2.75) is 26.5 Å². The average Bonchev–Trinajstić information content (AvgIpc) is 2.71. The molecule has 0 N–H and O–H groups in total. The summed E-state index contributed by atoms with van der Waals surface area (Å²) in [5.74, 6) is 1.05. The van der Waals surface area contributed by atoms with Crippen molar-refractivity contribution in [2.24, 2.45) is 0 Å². The number of esters is 1. The van der Waals surface area contributed by atoms with Gasteiger partial charge in [0.2, 0.25) is 0 Å². The molecule has 17 heavy (non-hydrogen) atoms. The Morgan fingerprint density at radius 1 is 1.41 bits per heavy atom. The van der Waals surface area contributed by atoms with Gasteiger partial charge in [0, 0.05) is 12.7 Å². The first-order valence-electron chi connectivity index (χ1n) is 5.35. The number of ether oxygens (including phenoxy) is 1. The summed E-state index contributed by atoms with van der Waals surface area (Å²) >= 11 is 2.98. The van der Waals surface area contributed by atoms with Gasteiger partial charge in [-0.05, 0) is 12.7 Å². The van der Waals surface area contributed by atoms with E-state index in [0.717, 1.165) is 16.5 Å². The molecular formula is C11H15NO3S2. The van der Waals surface area contributed by atoms with Crippen LogP contribution in [0.25, 0.3) is 0 Å². The Morgan fingerprint density at radius 2 is 2.12 bits per heavy atom. The molecule has 4 nitrogen and oxygen atoms in total. The van der Waals surface area contributed by atoms with Crippen molar-refractivity contribution in [1.82, 2.24) is 4.98 Å². The highest BCUT2D eigenvalue weighted by molar-refractivity contribution is 7.98. The maximum Gasteiger partial charge on any atom is 0.358 e. The summed E-state index contributed by atoms with van der Waals surface area (Å²) in [6.45, 7) is 5.50. The van der Waals surface area contributed by atoms with E-state index in [1.54, 1.807) is 18.7 Å². The van der Waals surface area contributed by atoms with Gasteiger partial charge in [0.25, 0.3) is 0 Å². The van der Waals surface area contributed by atoms with Crippen LogP contribution in [0.3, 0.4) is 0 Å². The number of thiazole rings is 1. The molecule has 0 aromatic carbocycles. The van der Waals surface area contributed by atoms with Gasteiger partial charge in [-0.1, -0.05) is 6.92 Å². The lowest BCUT2D eigenvalue weighted by molar-refractivity contribution is 0.0517. The topological polar surface area (TPSA) is 56.3 Å². The van der Waals surface area contributed by atoms with Crippen LogP contribution >= 0.6 is 23.1 Å². The Bertz CT molecular complexity index is 415. The molecule has 0 aliphatic heterocycles. The van der Waals surface area contributed by atoms with Crippen LogP contribution in [-0.2, 0) is 10.5 Å². The Balaban J connectivity index is 2.96. The molecule has 0 amide bonds. The molecule has 1 rings (SSSR count). The summed E-state index contributed by atoms with van der Waals surface area (Å²) < 4.78 is 4.88. The lowest BCUT2D eigenvalue weighted by Crippen LogP contribution is -2.09. The second-order valence-electron chi connectivity index (χ2n) is 3.20. The first kappa shape index (κ1) is 14.2. The SMILES string of the molecule is CCOC(=O)c1nc(CSCC)sc1C(C)=O. The van der Waals surface area contributed by atoms with Gasteiger partial charge in [-0.25, -0.2) is 9.78 Å². The maximum atomic E-state index is 11.6. The number of aromatic nitrogens is 1. The number of thioether (sulfide) groups is 1. The Kier molecular flexibility index (Phi) is 5.64. The molecule has 0 aliphatic rings. The van der Waals surface area contributed by atoms with Crippen LogP contribution in [0.15, 0.2) is 0 Å². The fourth-order valence-electron chi connectivity index (χ4n) is 1.19. The van der Waals surface area contributed by atoms with Crippen molar-refractivity contribution in [3.05, 3.63) is 15.6 Å². The molecular weight excluding hydrogens is 258 g/mol. The third kappa shape index (κ3) is 3.81. The summed E-state index contributed by atoms with van der Waals surface area (Å²) in [5, 5.41) is 0.796. The smallest absolute Gasteiger partial charge is 0.358 e. The largest absolute Gasteiger partial charge is 0.461 e. The molecule has 1 heterocycles. The molecule has 0 fully saturated rings. The minimum absolute atomic E-state index is 0.140. The summed E-state index contributed by atoms with van der Waals surface area (Å²) in [7, 11) is 0. The molecule has 0 bridgehead atoms. The number of Topliss-reactive ketones (excluding diaryl/α,β-unsaturated/α-hetero) is 1. The standard InChI is InChI=1S/C11H15NO3S2/c1-4-15-11(14)9-10(7(3)13)17-8(12-9)6-16-5-2/h4-6H2,1-3H3. The second kappa shape index (κ2) is 6.76. The Hall–Kier alpha value is -0.880. The van der Waals surface area contributed by atoms with Gasteiger partial charge in [-0.3, -0.25) is 4.79 Å². The van der Waals surface area contributed by atoms with E-state index in [2.05, 4.69) is 11.9 Å². The average molecular weight is 273 g/mol. The lowest BCUT2D eigenvalue weighted by atomic mass is 10.3. The molecule has 0 saturated carbocycles. The third-order valence-electron chi connectivity index (χ3n) is 1.89. The minimum Gasteiger partial charge on any atom is -0.461 e. The zero-order valence-corrected chi connectivity index (χ0v) is 11.7. The van der Waals surface area contributed by atoms with Crippen molar-refractivity contribution in [3.63, 3.8) is 0 Å². The van der Waals surface area contributed by atoms with Crippen molar-refractivity contribution in [3.8, 4) is 0 Å². The number of hydrogen-bond donors (Lipinski definition) is 0. The third-order valence-corrected chi connectivity index (χ3v) is 4.11. The molecule has 94 valence electrons. The van der Waals surface area contributed by atoms with Gasteiger partial charge in [-0.2, -0.15) is 11.8 Å². The van der Waals surface area contributed by atoms with Gasteiger partial charge in [0.1, 0.15) is 9.88 Å². The predicted molar refractivity (Wildman–Crippen MR) is 69.9 cm³/mol. The van der Waals surface area contributed by atoms with Crippen LogP contribution in [0.2, 0.25) is 0 Å². The van der Waals surface area contributed by atoms with E-state index in [1.807, 2.05) is 0 Å². The van der Waals surface area contributed by atoms with Crippen molar-refractivity contribution in [1.29, 1.82) is 0 Å². The minimum atomic E-state index is -0.512. The number of rotatable bonds is 6. The van der Waals surface area contributed by atoms with Crippen LogP contribution in [0.4, 0.5) is 0 Å². The van der Waals surface area contributed by atoms with Gasteiger partial charge in [0.15, 0.2) is 11.5 Å². The number of hydrogen-bond acceptors (Lipinski definition) is 6. The van der Waals surface area contributed by atoms with Crippen LogP contribution < -0.4 is 0 Å². The molecule has 1 aromatic rings. The van der Waals surface area contributed by atoms with Gasteiger partial charge in [-0.15, -0.1) is 11.3 Å². The summed E-state index contributed by atoms with van der Waals surface area (Å²) in [6.07, 6.45) is 0. The quantitative estimate of drug-likeness (QED) is 0.589. The van der Waals surface area contributed by atoms with Gasteiger partial charge >= 0.3 is 5.97 Å². The molecule has 6 heteroatoms. The zero-order chi connectivity index (χ0) is 12.8. The monoisotopic (exact) mass is 273 g/mol. The predicted octanol–water partition coefficient (Wildman–Crippen LogP) is 2.78. The normalized spacial score (nSPS) is 10.3. The summed E-state index contributed by atoms with van der Waals surface area (Å²) in [5.41, 5.74) is 0.163. The highest BCUT2D eigenvalue weighted by atomic mass is 32.2. The molecule has 0 aliphatic carbocycles. The molecule has 0 unspecified atom stereocenters. The van der Waals surface area contributed by atoms with Crippen molar-refractivity contribution >= 4 is 34.9 Å². The molecule has 0 radical (unpaired) electrons. The fraction of sp³-hybridized carbons (Fsp3) is 0.545. The van der Waals surface area contributed by atoms with Crippen LogP contribution in [0.1, 0.15) is 45.9 Å². The molecule has 1 aromatic heterocycles. The van der Waals surface area contributed by atoms with Crippen molar-refractivity contribution < 1.29 is 14.3 Å². The number of carbonyl (C=O) groups is 2. The van der Waals surface area contributed by atoms with E-state index >= 15 is 0 Å². The highest BCUT2D eigenvalue weighted by Gasteiger charge is 2.21. The van der Waals surface area contributed by atoms with E-state index in [1.165, 1.54) is 18.3 Å². The van der Waals surface area contributed by atoms with Crippen LogP contribution in [0, 0.1) is 0 Å². The lowest BCUT2D eigenvalue weighted by Gasteiger charge is -1.98. The van der Waals surface area contributed by atoms with E-state index in [9.17, 15) is 9.59 Å². The zero-order valence-electron chi connectivity index (χ0n) is 10.1.